The number of carbonyl (C=O) groups is 1. The van der Waals surface area contributed by atoms with Gasteiger partial charge in [-0.25, -0.2) is 9.97 Å². The molecular weight excluding hydrogens is 218 g/mol. The second-order valence-corrected chi connectivity index (χ2v) is 3.28. The highest BCUT2D eigenvalue weighted by molar-refractivity contribution is 5.68. The number of anilines is 1. The van der Waals surface area contributed by atoms with E-state index in [0.29, 0.717) is 24.7 Å². The Morgan fingerprint density at radius 2 is 2.06 bits per heavy atom. The summed E-state index contributed by atoms with van der Waals surface area (Å²) in [5.41, 5.74) is 1.05. The fourth-order valence-corrected chi connectivity index (χ4v) is 1.29. The van der Waals surface area contributed by atoms with Crippen molar-refractivity contribution >= 4 is 12.2 Å². The van der Waals surface area contributed by atoms with Crippen molar-refractivity contribution < 1.29 is 9.53 Å². The van der Waals surface area contributed by atoms with Crippen LogP contribution in [0.1, 0.15) is 5.56 Å². The van der Waals surface area contributed by atoms with E-state index < -0.39 is 0 Å². The zero-order chi connectivity index (χ0) is 11.9. The minimum Gasteiger partial charge on any atom is -0.473 e. The maximum atomic E-state index is 10.3. The van der Waals surface area contributed by atoms with Crippen LogP contribution in [0.3, 0.4) is 0 Å². The third kappa shape index (κ3) is 3.27. The highest BCUT2D eigenvalue weighted by atomic mass is 16.5. The summed E-state index contributed by atoms with van der Waals surface area (Å²) in [5.74, 6) is 0.839. The predicted octanol–water partition coefficient (Wildman–Crippen LogP) is 1.62. The number of amides is 1. The average Bonchev–Trinajstić information content (AvgIpc) is 2.39. The van der Waals surface area contributed by atoms with Crippen molar-refractivity contribution in [1.29, 1.82) is 0 Å². The van der Waals surface area contributed by atoms with E-state index in [-0.39, 0.29) is 0 Å². The lowest BCUT2D eigenvalue weighted by Crippen LogP contribution is -2.01. The van der Waals surface area contributed by atoms with Crippen LogP contribution < -0.4 is 10.1 Å². The molecule has 0 atom stereocenters. The molecule has 1 amide bonds. The van der Waals surface area contributed by atoms with Crippen LogP contribution in [0, 0.1) is 0 Å². The smallest absolute Gasteiger partial charge is 0.218 e. The van der Waals surface area contributed by atoms with Gasteiger partial charge >= 0.3 is 0 Å². The van der Waals surface area contributed by atoms with Crippen LogP contribution in [-0.4, -0.2) is 16.4 Å². The van der Waals surface area contributed by atoms with Gasteiger partial charge in [0.1, 0.15) is 18.8 Å². The molecule has 0 saturated carbocycles. The number of nitrogens with zero attached hydrogens (tertiary/aromatic N) is 2. The van der Waals surface area contributed by atoms with Crippen molar-refractivity contribution in [3.05, 3.63) is 48.3 Å². The first-order valence-corrected chi connectivity index (χ1v) is 5.07. The van der Waals surface area contributed by atoms with Crippen molar-refractivity contribution in [2.75, 3.05) is 5.32 Å². The van der Waals surface area contributed by atoms with E-state index in [0.717, 1.165) is 5.56 Å². The third-order valence-corrected chi connectivity index (χ3v) is 2.08. The Labute approximate surface area is 98.5 Å². The van der Waals surface area contributed by atoms with Gasteiger partial charge in [0.25, 0.3) is 0 Å². The summed E-state index contributed by atoms with van der Waals surface area (Å²) < 4.78 is 5.47. The molecule has 1 N–H and O–H groups in total. The van der Waals surface area contributed by atoms with Gasteiger partial charge in [-0.3, -0.25) is 4.79 Å². The van der Waals surface area contributed by atoms with Crippen molar-refractivity contribution in [2.45, 2.75) is 6.61 Å². The Hall–Kier alpha value is -2.43. The molecule has 2 aromatic rings. The summed E-state index contributed by atoms with van der Waals surface area (Å²) in [6, 6.07) is 11.3. The summed E-state index contributed by atoms with van der Waals surface area (Å²) in [5, 5.41) is 2.43. The van der Waals surface area contributed by atoms with Gasteiger partial charge in [0.2, 0.25) is 12.3 Å². The van der Waals surface area contributed by atoms with Gasteiger partial charge in [0, 0.05) is 6.07 Å². The van der Waals surface area contributed by atoms with Crippen molar-refractivity contribution in [1.82, 2.24) is 9.97 Å². The van der Waals surface area contributed by atoms with Crippen molar-refractivity contribution in [3.8, 4) is 5.88 Å². The van der Waals surface area contributed by atoms with Crippen LogP contribution in [0.25, 0.3) is 0 Å². The SMILES string of the molecule is O=CNc1cc(OCc2ccccc2)ncn1. The lowest BCUT2D eigenvalue weighted by Gasteiger charge is -2.05. The summed E-state index contributed by atoms with van der Waals surface area (Å²) in [6.07, 6.45) is 1.90. The minimum absolute atomic E-state index is 0.415. The number of ether oxygens (including phenoxy) is 1. The van der Waals surface area contributed by atoms with E-state index >= 15 is 0 Å². The van der Waals surface area contributed by atoms with Gasteiger partial charge in [-0.2, -0.15) is 0 Å². The van der Waals surface area contributed by atoms with Crippen molar-refractivity contribution in [3.63, 3.8) is 0 Å². The molecule has 0 unspecified atom stereocenters. The van der Waals surface area contributed by atoms with Gasteiger partial charge < -0.3 is 10.1 Å². The van der Waals surface area contributed by atoms with E-state index in [1.54, 1.807) is 6.07 Å². The molecule has 1 aromatic carbocycles. The Morgan fingerprint density at radius 1 is 1.24 bits per heavy atom. The first kappa shape index (κ1) is 11.1. The molecule has 5 nitrogen and oxygen atoms in total. The Morgan fingerprint density at radius 3 is 2.82 bits per heavy atom. The lowest BCUT2D eigenvalue weighted by molar-refractivity contribution is -0.105. The average molecular weight is 229 g/mol. The summed E-state index contributed by atoms with van der Waals surface area (Å²) in [4.78, 5) is 18.1. The predicted molar refractivity (Wildman–Crippen MR) is 62.5 cm³/mol. The second kappa shape index (κ2) is 5.60. The number of rotatable bonds is 5. The van der Waals surface area contributed by atoms with E-state index in [9.17, 15) is 4.79 Å². The first-order chi connectivity index (χ1) is 8.38. The zero-order valence-electron chi connectivity index (χ0n) is 9.04. The molecule has 0 saturated heterocycles. The van der Waals surface area contributed by atoms with Crippen LogP contribution in [-0.2, 0) is 11.4 Å². The summed E-state index contributed by atoms with van der Waals surface area (Å²) in [6.45, 7) is 0.429. The number of nitrogens with one attached hydrogen (secondary N) is 1. The highest BCUT2D eigenvalue weighted by Crippen LogP contribution is 2.12. The van der Waals surface area contributed by atoms with Gasteiger partial charge in [0.15, 0.2) is 0 Å². The van der Waals surface area contributed by atoms with Gasteiger partial charge in [-0.15, -0.1) is 0 Å². The molecule has 0 aliphatic carbocycles. The maximum absolute atomic E-state index is 10.3. The highest BCUT2D eigenvalue weighted by Gasteiger charge is 1.99. The number of hydrogen-bond donors (Lipinski definition) is 1. The molecule has 0 bridgehead atoms. The molecule has 86 valence electrons. The van der Waals surface area contributed by atoms with Gasteiger partial charge in [-0.1, -0.05) is 30.3 Å². The molecule has 17 heavy (non-hydrogen) atoms. The number of carbonyl (C=O) groups excluding carboxylic acids is 1. The van der Waals surface area contributed by atoms with Gasteiger partial charge in [-0.05, 0) is 5.56 Å². The fourth-order valence-electron chi connectivity index (χ4n) is 1.29. The monoisotopic (exact) mass is 229 g/mol. The normalized spacial score (nSPS) is 9.65. The standard InChI is InChI=1S/C12H11N3O2/c16-9-15-11-6-12(14-8-13-11)17-7-10-4-2-1-3-5-10/h1-6,8-9H,7H2,(H,13,14,15,16). The lowest BCUT2D eigenvalue weighted by atomic mass is 10.2. The molecular formula is C12H11N3O2. The zero-order valence-corrected chi connectivity index (χ0v) is 9.04. The van der Waals surface area contributed by atoms with Crippen LogP contribution >= 0.6 is 0 Å². The number of benzene rings is 1. The van der Waals surface area contributed by atoms with Gasteiger partial charge in [0.05, 0.1) is 0 Å². The van der Waals surface area contributed by atoms with E-state index in [4.69, 9.17) is 4.74 Å². The Bertz CT molecular complexity index is 488. The molecule has 5 heteroatoms. The molecule has 0 aliphatic rings. The fraction of sp³-hybridized carbons (Fsp3) is 0.0833. The molecule has 1 aromatic heterocycles. The topological polar surface area (TPSA) is 64.1 Å². The number of hydrogen-bond acceptors (Lipinski definition) is 4. The molecule has 0 spiro atoms. The van der Waals surface area contributed by atoms with E-state index in [1.807, 2.05) is 30.3 Å². The number of aromatic nitrogens is 2. The molecule has 0 aliphatic heterocycles. The third-order valence-electron chi connectivity index (χ3n) is 2.08. The van der Waals surface area contributed by atoms with Crippen LogP contribution in [0.5, 0.6) is 5.88 Å². The van der Waals surface area contributed by atoms with Crippen molar-refractivity contribution in [2.24, 2.45) is 0 Å². The molecule has 0 radical (unpaired) electrons. The van der Waals surface area contributed by atoms with Crippen LogP contribution in [0.2, 0.25) is 0 Å². The van der Waals surface area contributed by atoms with Crippen LogP contribution in [0.4, 0.5) is 5.82 Å². The second-order valence-electron chi connectivity index (χ2n) is 3.28. The maximum Gasteiger partial charge on any atom is 0.218 e. The molecule has 0 fully saturated rings. The van der Waals surface area contributed by atoms with Crippen LogP contribution in [0.15, 0.2) is 42.7 Å². The first-order valence-electron chi connectivity index (χ1n) is 5.07. The van der Waals surface area contributed by atoms with E-state index in [1.165, 1.54) is 6.33 Å². The van der Waals surface area contributed by atoms with E-state index in [2.05, 4.69) is 15.3 Å². The molecule has 2 rings (SSSR count). The largest absolute Gasteiger partial charge is 0.473 e. The Kier molecular flexibility index (Phi) is 3.64. The Balaban J connectivity index is 1.99. The quantitative estimate of drug-likeness (QED) is 0.791. The molecule has 1 heterocycles. The summed E-state index contributed by atoms with van der Waals surface area (Å²) >= 11 is 0. The minimum atomic E-state index is 0.415. The summed E-state index contributed by atoms with van der Waals surface area (Å²) in [7, 11) is 0.